The van der Waals surface area contributed by atoms with Crippen molar-refractivity contribution in [3.63, 3.8) is 0 Å². The summed E-state index contributed by atoms with van der Waals surface area (Å²) < 4.78 is 4.00. The molecule has 0 aliphatic heterocycles. The van der Waals surface area contributed by atoms with Gasteiger partial charge in [0.1, 0.15) is 0 Å². The van der Waals surface area contributed by atoms with Gasteiger partial charge in [-0.1, -0.05) is 37.6 Å². The molecule has 0 aliphatic carbocycles. The van der Waals surface area contributed by atoms with Gasteiger partial charge in [0.25, 0.3) is 0 Å². The zero-order chi connectivity index (χ0) is 11.1. The number of unbranched alkanes of at least 4 members (excludes halogenated alkanes) is 2. The van der Waals surface area contributed by atoms with Gasteiger partial charge in [-0.3, -0.25) is 0 Å². The van der Waals surface area contributed by atoms with Gasteiger partial charge in [0.05, 0.1) is 10.6 Å². The van der Waals surface area contributed by atoms with Crippen LogP contribution in [0.5, 0.6) is 0 Å². The minimum Gasteiger partial charge on any atom is -0.309 e. The predicted octanol–water partition coefficient (Wildman–Crippen LogP) is 3.08. The van der Waals surface area contributed by atoms with Crippen molar-refractivity contribution in [1.29, 1.82) is 0 Å². The summed E-state index contributed by atoms with van der Waals surface area (Å²) in [5.74, 6) is 0. The van der Waals surface area contributed by atoms with Crippen molar-refractivity contribution in [2.24, 2.45) is 0 Å². The molecule has 1 rings (SSSR count). The quantitative estimate of drug-likeness (QED) is 0.727. The zero-order valence-electron chi connectivity index (χ0n) is 9.92. The minimum atomic E-state index is 0.460. The monoisotopic (exact) mass is 227 g/mol. The molecule has 4 heteroatoms. The van der Waals surface area contributed by atoms with E-state index < -0.39 is 0 Å². The first kappa shape index (κ1) is 12.6. The van der Waals surface area contributed by atoms with Crippen molar-refractivity contribution in [2.45, 2.75) is 52.5 Å². The average Bonchev–Trinajstić information content (AvgIpc) is 2.64. The third-order valence-corrected chi connectivity index (χ3v) is 3.49. The lowest BCUT2D eigenvalue weighted by atomic mass is 10.1. The second-order valence-corrected chi connectivity index (χ2v) is 4.61. The van der Waals surface area contributed by atoms with Crippen LogP contribution < -0.4 is 5.32 Å². The van der Waals surface area contributed by atoms with Crippen LogP contribution in [0, 0.1) is 6.92 Å². The first-order valence-corrected chi connectivity index (χ1v) is 6.59. The molecule has 0 amide bonds. The topological polar surface area (TPSA) is 37.8 Å². The largest absolute Gasteiger partial charge is 0.309 e. The maximum absolute atomic E-state index is 4.08. The Hall–Kier alpha value is -0.480. The van der Waals surface area contributed by atoms with Crippen molar-refractivity contribution in [3.05, 3.63) is 10.6 Å². The molecule has 0 saturated carbocycles. The lowest BCUT2D eigenvalue weighted by Crippen LogP contribution is -2.20. The van der Waals surface area contributed by atoms with Gasteiger partial charge >= 0.3 is 0 Å². The van der Waals surface area contributed by atoms with E-state index in [0.717, 1.165) is 12.2 Å². The van der Waals surface area contributed by atoms with Gasteiger partial charge in [-0.15, -0.1) is 5.10 Å². The first-order chi connectivity index (χ1) is 7.29. The summed E-state index contributed by atoms with van der Waals surface area (Å²) in [6.45, 7) is 7.44. The molecule has 0 aromatic carbocycles. The van der Waals surface area contributed by atoms with E-state index >= 15 is 0 Å². The van der Waals surface area contributed by atoms with Crippen LogP contribution in [0.15, 0.2) is 0 Å². The van der Waals surface area contributed by atoms with E-state index in [1.807, 2.05) is 6.92 Å². The summed E-state index contributed by atoms with van der Waals surface area (Å²) in [5, 5.41) is 7.59. The Morgan fingerprint density at radius 1 is 1.33 bits per heavy atom. The van der Waals surface area contributed by atoms with E-state index in [1.165, 1.54) is 42.1 Å². The standard InChI is InChI=1S/C11H21N3S/c1-4-6-7-8-10(12-5-2)11-9(3)13-14-15-11/h10,12H,4-8H2,1-3H3. The number of rotatable bonds is 7. The first-order valence-electron chi connectivity index (χ1n) is 5.81. The number of hydrogen-bond acceptors (Lipinski definition) is 4. The highest BCUT2D eigenvalue weighted by Crippen LogP contribution is 2.24. The summed E-state index contributed by atoms with van der Waals surface area (Å²) in [6.07, 6.45) is 5.07. The Morgan fingerprint density at radius 3 is 2.67 bits per heavy atom. The normalized spacial score (nSPS) is 13.0. The zero-order valence-corrected chi connectivity index (χ0v) is 10.7. The molecule has 0 saturated heterocycles. The molecule has 0 spiro atoms. The molecule has 0 bridgehead atoms. The third kappa shape index (κ3) is 3.87. The van der Waals surface area contributed by atoms with Crippen LogP contribution in [-0.4, -0.2) is 16.1 Å². The number of aromatic nitrogens is 2. The van der Waals surface area contributed by atoms with Gasteiger partial charge in [-0.25, -0.2) is 0 Å². The molecule has 1 unspecified atom stereocenters. The number of nitrogens with one attached hydrogen (secondary N) is 1. The molecule has 1 aromatic rings. The number of hydrogen-bond donors (Lipinski definition) is 1. The van der Waals surface area contributed by atoms with Crippen LogP contribution in [0.3, 0.4) is 0 Å². The second kappa shape index (κ2) is 6.90. The molecule has 0 aliphatic rings. The fraction of sp³-hybridized carbons (Fsp3) is 0.818. The summed E-state index contributed by atoms with van der Waals surface area (Å²) in [4.78, 5) is 1.31. The van der Waals surface area contributed by atoms with Crippen LogP contribution in [0.4, 0.5) is 0 Å². The molecule has 86 valence electrons. The SMILES string of the molecule is CCCCCC(NCC)c1snnc1C. The van der Waals surface area contributed by atoms with Crippen molar-refractivity contribution >= 4 is 11.5 Å². The van der Waals surface area contributed by atoms with E-state index in [2.05, 4.69) is 28.8 Å². The van der Waals surface area contributed by atoms with E-state index in [1.54, 1.807) is 0 Å². The molecule has 1 atom stereocenters. The summed E-state index contributed by atoms with van der Waals surface area (Å²) >= 11 is 1.53. The van der Waals surface area contributed by atoms with Crippen molar-refractivity contribution < 1.29 is 0 Å². The Bertz CT molecular complexity index is 273. The highest BCUT2D eigenvalue weighted by Gasteiger charge is 2.15. The van der Waals surface area contributed by atoms with Gasteiger partial charge in [-0.2, -0.15) is 0 Å². The van der Waals surface area contributed by atoms with Crippen LogP contribution in [-0.2, 0) is 0 Å². The smallest absolute Gasteiger partial charge is 0.0772 e. The van der Waals surface area contributed by atoms with Gasteiger partial charge in [-0.05, 0) is 31.4 Å². The summed E-state index contributed by atoms with van der Waals surface area (Å²) in [7, 11) is 0. The van der Waals surface area contributed by atoms with Crippen LogP contribution in [0.1, 0.15) is 56.1 Å². The molecule has 1 heterocycles. The Morgan fingerprint density at radius 2 is 2.13 bits per heavy atom. The second-order valence-electron chi connectivity index (χ2n) is 3.83. The highest BCUT2D eigenvalue weighted by atomic mass is 32.1. The average molecular weight is 227 g/mol. The molecule has 15 heavy (non-hydrogen) atoms. The number of aryl methyl sites for hydroxylation is 1. The molecule has 1 N–H and O–H groups in total. The van der Waals surface area contributed by atoms with Crippen molar-refractivity contribution in [3.8, 4) is 0 Å². The van der Waals surface area contributed by atoms with E-state index in [-0.39, 0.29) is 0 Å². The third-order valence-electron chi connectivity index (χ3n) is 2.55. The van der Waals surface area contributed by atoms with Crippen molar-refractivity contribution in [1.82, 2.24) is 14.9 Å². The van der Waals surface area contributed by atoms with E-state index in [9.17, 15) is 0 Å². The maximum atomic E-state index is 4.08. The lowest BCUT2D eigenvalue weighted by Gasteiger charge is -2.15. The van der Waals surface area contributed by atoms with Gasteiger partial charge in [0.15, 0.2) is 0 Å². The molecular weight excluding hydrogens is 206 g/mol. The van der Waals surface area contributed by atoms with Gasteiger partial charge in [0, 0.05) is 6.04 Å². The van der Waals surface area contributed by atoms with Crippen molar-refractivity contribution in [2.75, 3.05) is 6.54 Å². The van der Waals surface area contributed by atoms with Crippen LogP contribution >= 0.6 is 11.5 Å². The summed E-state index contributed by atoms with van der Waals surface area (Å²) in [5.41, 5.74) is 1.09. The van der Waals surface area contributed by atoms with Gasteiger partial charge < -0.3 is 5.32 Å². The minimum absolute atomic E-state index is 0.460. The highest BCUT2D eigenvalue weighted by molar-refractivity contribution is 7.05. The molecule has 1 aromatic heterocycles. The van der Waals surface area contributed by atoms with Crippen LogP contribution in [0.25, 0.3) is 0 Å². The lowest BCUT2D eigenvalue weighted by molar-refractivity contribution is 0.490. The Balaban J connectivity index is 2.53. The van der Waals surface area contributed by atoms with Gasteiger partial charge in [0.2, 0.25) is 0 Å². The Kier molecular flexibility index (Phi) is 5.79. The summed E-state index contributed by atoms with van der Waals surface area (Å²) in [6, 6.07) is 0.460. The number of nitrogens with zero attached hydrogens (tertiary/aromatic N) is 2. The van der Waals surface area contributed by atoms with E-state index in [0.29, 0.717) is 6.04 Å². The Labute approximate surface area is 96.5 Å². The molecular formula is C11H21N3S. The van der Waals surface area contributed by atoms with E-state index in [4.69, 9.17) is 0 Å². The fourth-order valence-corrected chi connectivity index (χ4v) is 2.48. The predicted molar refractivity (Wildman–Crippen MR) is 65.2 cm³/mol. The maximum Gasteiger partial charge on any atom is 0.0772 e. The van der Waals surface area contributed by atoms with Crippen LogP contribution in [0.2, 0.25) is 0 Å². The molecule has 3 nitrogen and oxygen atoms in total. The molecule has 0 radical (unpaired) electrons. The fourth-order valence-electron chi connectivity index (χ4n) is 1.73. The molecule has 0 fully saturated rings.